The number of likely N-dealkylation sites (N-methyl/N-ethyl adjacent to an activating group) is 1. The number of benzene rings is 1. The summed E-state index contributed by atoms with van der Waals surface area (Å²) in [6.07, 6.45) is 2.11. The zero-order valence-electron chi connectivity index (χ0n) is 12.8. The number of ether oxygens (including phenoxy) is 1. The van der Waals surface area contributed by atoms with E-state index in [1.807, 2.05) is 6.07 Å². The molecule has 0 aliphatic carbocycles. The molecule has 0 unspecified atom stereocenters. The fourth-order valence-electron chi connectivity index (χ4n) is 2.99. The zero-order valence-corrected chi connectivity index (χ0v) is 12.8. The molecular weight excluding hydrogens is 262 g/mol. The van der Waals surface area contributed by atoms with Crippen molar-refractivity contribution in [2.75, 3.05) is 56.7 Å². The highest BCUT2D eigenvalue weighted by atomic mass is 16.5. The van der Waals surface area contributed by atoms with Gasteiger partial charge in [0.1, 0.15) is 0 Å². The van der Waals surface area contributed by atoms with Gasteiger partial charge >= 0.3 is 0 Å². The average Bonchev–Trinajstić information content (AvgIpc) is 2.51. The number of anilines is 2. The zero-order chi connectivity index (χ0) is 14.7. The Morgan fingerprint density at radius 1 is 1.14 bits per heavy atom. The standard InChI is InChI=1S/C17H25N3O/c1-14-3-4-16(20-9-7-19(2)8-10-20)13-17(14)18-15-5-11-21-12-6-15/h1,3-4,13,15,18H,5-12H2,2H3. The summed E-state index contributed by atoms with van der Waals surface area (Å²) >= 11 is 0. The molecule has 2 fully saturated rings. The lowest BCUT2D eigenvalue weighted by Gasteiger charge is -2.34. The number of nitrogens with zero attached hydrogens (tertiary/aromatic N) is 2. The third-order valence-electron chi connectivity index (χ3n) is 4.49. The molecule has 0 spiro atoms. The van der Waals surface area contributed by atoms with Gasteiger partial charge in [0.2, 0.25) is 0 Å². The second-order valence-electron chi connectivity index (χ2n) is 6.09. The predicted octanol–water partition coefficient (Wildman–Crippen LogP) is 2.09. The summed E-state index contributed by atoms with van der Waals surface area (Å²) in [6.45, 7) is 12.2. The molecule has 4 nitrogen and oxygen atoms in total. The van der Waals surface area contributed by atoms with E-state index >= 15 is 0 Å². The van der Waals surface area contributed by atoms with Gasteiger partial charge in [0.15, 0.2) is 0 Å². The summed E-state index contributed by atoms with van der Waals surface area (Å²) in [4.78, 5) is 4.81. The summed E-state index contributed by atoms with van der Waals surface area (Å²) in [7, 11) is 2.18. The van der Waals surface area contributed by atoms with Gasteiger partial charge in [-0.3, -0.25) is 0 Å². The lowest BCUT2D eigenvalue weighted by Crippen LogP contribution is -2.44. The van der Waals surface area contributed by atoms with Crippen LogP contribution in [0.4, 0.5) is 11.4 Å². The van der Waals surface area contributed by atoms with Gasteiger partial charge in [0, 0.05) is 63.7 Å². The molecule has 0 bridgehead atoms. The van der Waals surface area contributed by atoms with Crippen LogP contribution in [0.5, 0.6) is 0 Å². The van der Waals surface area contributed by atoms with Crippen LogP contribution in [0.15, 0.2) is 18.2 Å². The van der Waals surface area contributed by atoms with E-state index in [1.165, 1.54) is 5.69 Å². The Balaban J connectivity index is 1.70. The Bertz CT molecular complexity index is 463. The number of piperazine rings is 1. The van der Waals surface area contributed by atoms with E-state index in [9.17, 15) is 0 Å². The Kier molecular flexibility index (Phi) is 4.66. The summed E-state index contributed by atoms with van der Waals surface area (Å²) < 4.78 is 5.41. The average molecular weight is 287 g/mol. The maximum absolute atomic E-state index is 6.14. The number of hydrogen-bond acceptors (Lipinski definition) is 4. The first-order valence-electron chi connectivity index (χ1n) is 7.89. The van der Waals surface area contributed by atoms with E-state index in [0.717, 1.165) is 63.5 Å². The molecule has 0 saturated carbocycles. The van der Waals surface area contributed by atoms with Crippen molar-refractivity contribution >= 4 is 11.4 Å². The van der Waals surface area contributed by atoms with Crippen molar-refractivity contribution in [1.29, 1.82) is 0 Å². The van der Waals surface area contributed by atoms with Gasteiger partial charge in [-0.05, 0) is 37.6 Å². The highest BCUT2D eigenvalue weighted by molar-refractivity contribution is 5.64. The van der Waals surface area contributed by atoms with Crippen LogP contribution < -0.4 is 10.2 Å². The van der Waals surface area contributed by atoms with Gasteiger partial charge in [-0.25, -0.2) is 0 Å². The number of nitrogens with one attached hydrogen (secondary N) is 1. The topological polar surface area (TPSA) is 27.7 Å². The van der Waals surface area contributed by atoms with Gasteiger partial charge < -0.3 is 19.9 Å². The fourth-order valence-corrected chi connectivity index (χ4v) is 2.99. The molecule has 21 heavy (non-hydrogen) atoms. The SMILES string of the molecule is [CH]c1ccc(N2CCN(C)CC2)cc1NC1CCOCC1. The minimum absolute atomic E-state index is 0.476. The molecule has 1 aromatic carbocycles. The van der Waals surface area contributed by atoms with Gasteiger partial charge in [0.05, 0.1) is 0 Å². The van der Waals surface area contributed by atoms with E-state index in [-0.39, 0.29) is 0 Å². The second kappa shape index (κ2) is 6.67. The van der Waals surface area contributed by atoms with Crippen molar-refractivity contribution in [2.24, 2.45) is 0 Å². The maximum Gasteiger partial charge on any atom is 0.0485 e. The number of hydrogen-bond donors (Lipinski definition) is 1. The van der Waals surface area contributed by atoms with Crippen molar-refractivity contribution in [1.82, 2.24) is 4.90 Å². The molecule has 2 aliphatic rings. The van der Waals surface area contributed by atoms with Crippen molar-refractivity contribution in [3.05, 3.63) is 30.7 Å². The van der Waals surface area contributed by atoms with Gasteiger partial charge in [-0.1, -0.05) is 6.07 Å². The summed E-state index contributed by atoms with van der Waals surface area (Å²) in [5.41, 5.74) is 3.17. The Hall–Kier alpha value is -1.26. The Morgan fingerprint density at radius 3 is 2.57 bits per heavy atom. The second-order valence-corrected chi connectivity index (χ2v) is 6.09. The molecule has 0 aromatic heterocycles. The summed E-state index contributed by atoms with van der Waals surface area (Å²) in [5.74, 6) is 0. The Labute approximate surface area is 128 Å². The molecule has 1 N–H and O–H groups in total. The molecule has 0 amide bonds. The summed E-state index contributed by atoms with van der Waals surface area (Å²) in [6, 6.07) is 6.84. The molecule has 3 rings (SSSR count). The lowest BCUT2D eigenvalue weighted by molar-refractivity contribution is 0.0904. The lowest BCUT2D eigenvalue weighted by atomic mass is 10.1. The molecule has 2 heterocycles. The van der Waals surface area contributed by atoms with Crippen LogP contribution in [0.2, 0.25) is 0 Å². The minimum atomic E-state index is 0.476. The highest BCUT2D eigenvalue weighted by Crippen LogP contribution is 2.26. The molecule has 1 aromatic rings. The molecule has 114 valence electrons. The first kappa shape index (κ1) is 14.7. The van der Waals surface area contributed by atoms with Crippen LogP contribution in [-0.2, 0) is 4.74 Å². The van der Waals surface area contributed by atoms with E-state index < -0.39 is 0 Å². The molecular formula is C17H25N3O. The van der Waals surface area contributed by atoms with Gasteiger partial charge in [-0.2, -0.15) is 0 Å². The third kappa shape index (κ3) is 3.69. The maximum atomic E-state index is 6.14. The fraction of sp³-hybridized carbons (Fsp3) is 0.588. The van der Waals surface area contributed by atoms with E-state index in [2.05, 4.69) is 34.3 Å². The first-order valence-corrected chi connectivity index (χ1v) is 7.89. The van der Waals surface area contributed by atoms with Crippen LogP contribution in [0, 0.1) is 6.92 Å². The normalized spacial score (nSPS) is 21.5. The first-order chi connectivity index (χ1) is 10.2. The minimum Gasteiger partial charge on any atom is -0.382 e. The molecule has 0 atom stereocenters. The Morgan fingerprint density at radius 2 is 1.86 bits per heavy atom. The monoisotopic (exact) mass is 287 g/mol. The quantitative estimate of drug-likeness (QED) is 0.921. The van der Waals surface area contributed by atoms with Gasteiger partial charge in [-0.15, -0.1) is 0 Å². The third-order valence-corrected chi connectivity index (χ3v) is 4.49. The van der Waals surface area contributed by atoms with E-state index in [4.69, 9.17) is 11.7 Å². The largest absolute Gasteiger partial charge is 0.382 e. The van der Waals surface area contributed by atoms with Crippen molar-refractivity contribution in [3.8, 4) is 0 Å². The molecule has 4 heteroatoms. The molecule has 2 aliphatic heterocycles. The van der Waals surface area contributed by atoms with Crippen molar-refractivity contribution in [2.45, 2.75) is 18.9 Å². The van der Waals surface area contributed by atoms with E-state index in [0.29, 0.717) is 6.04 Å². The van der Waals surface area contributed by atoms with Crippen LogP contribution in [0.25, 0.3) is 0 Å². The predicted molar refractivity (Wildman–Crippen MR) is 87.0 cm³/mol. The van der Waals surface area contributed by atoms with Crippen molar-refractivity contribution < 1.29 is 4.74 Å². The smallest absolute Gasteiger partial charge is 0.0485 e. The van der Waals surface area contributed by atoms with Crippen molar-refractivity contribution in [3.63, 3.8) is 0 Å². The highest BCUT2D eigenvalue weighted by Gasteiger charge is 2.17. The van der Waals surface area contributed by atoms with Crippen LogP contribution in [-0.4, -0.2) is 57.4 Å². The van der Waals surface area contributed by atoms with Crippen LogP contribution in [0.3, 0.4) is 0 Å². The van der Waals surface area contributed by atoms with E-state index in [1.54, 1.807) is 0 Å². The van der Waals surface area contributed by atoms with Gasteiger partial charge in [0.25, 0.3) is 0 Å². The summed E-state index contributed by atoms with van der Waals surface area (Å²) in [5, 5.41) is 3.60. The molecule has 2 saturated heterocycles. The van der Waals surface area contributed by atoms with Crippen LogP contribution in [0.1, 0.15) is 18.4 Å². The van der Waals surface area contributed by atoms with Crippen LogP contribution >= 0.6 is 0 Å². The number of rotatable bonds is 3. The molecule has 2 radical (unpaired) electrons.